The van der Waals surface area contributed by atoms with E-state index >= 15 is 0 Å². The molecule has 41 heavy (non-hydrogen) atoms. The molecule has 0 atom stereocenters. The van der Waals surface area contributed by atoms with Gasteiger partial charge in [-0.3, -0.25) is 9.59 Å². The van der Waals surface area contributed by atoms with E-state index in [1.807, 2.05) is 24.3 Å². The van der Waals surface area contributed by atoms with Crippen molar-refractivity contribution >= 4 is 23.2 Å². The lowest BCUT2D eigenvalue weighted by Gasteiger charge is -2.31. The monoisotopic (exact) mass is 579 g/mol. The van der Waals surface area contributed by atoms with Crippen molar-refractivity contribution in [2.24, 2.45) is 0 Å². The fourth-order valence-electron chi connectivity index (χ4n) is 4.86. The summed E-state index contributed by atoms with van der Waals surface area (Å²) < 4.78 is 44.2. The van der Waals surface area contributed by atoms with Crippen LogP contribution in [0.4, 0.5) is 13.2 Å². The summed E-state index contributed by atoms with van der Waals surface area (Å²) in [5.74, 6) is 0.491. The number of aromatic nitrogens is 1. The molecule has 1 fully saturated rings. The van der Waals surface area contributed by atoms with Crippen LogP contribution in [0.2, 0.25) is 0 Å². The van der Waals surface area contributed by atoms with Gasteiger partial charge in [0.2, 0.25) is 0 Å². The van der Waals surface area contributed by atoms with Crippen molar-refractivity contribution in [3.63, 3.8) is 0 Å². The SMILES string of the molecule is COc1ccc(CNC(=O)c2csc(C3CCN(C(=O)c4ccccc4-c4ccc(C(F)(F)F)cc4)CC3)n2)cc1. The van der Waals surface area contributed by atoms with Gasteiger partial charge < -0.3 is 15.0 Å². The van der Waals surface area contributed by atoms with Gasteiger partial charge in [0.05, 0.1) is 17.7 Å². The molecule has 5 rings (SSSR count). The third-order valence-corrected chi connectivity index (χ3v) is 8.19. The first kappa shape index (κ1) is 28.4. The second kappa shape index (κ2) is 12.1. The maximum Gasteiger partial charge on any atom is 0.416 e. The number of alkyl halides is 3. The molecule has 0 aliphatic carbocycles. The molecule has 212 valence electrons. The Morgan fingerprint density at radius 3 is 2.34 bits per heavy atom. The Hall–Kier alpha value is -4.18. The second-order valence-electron chi connectivity index (χ2n) is 9.79. The van der Waals surface area contributed by atoms with Crippen LogP contribution < -0.4 is 10.1 Å². The third-order valence-electron chi connectivity index (χ3n) is 7.18. The molecule has 0 bridgehead atoms. The molecule has 3 aromatic carbocycles. The van der Waals surface area contributed by atoms with E-state index in [-0.39, 0.29) is 17.7 Å². The van der Waals surface area contributed by atoms with Crippen molar-refractivity contribution in [1.29, 1.82) is 0 Å². The van der Waals surface area contributed by atoms with E-state index < -0.39 is 11.7 Å². The normalized spacial score (nSPS) is 14.1. The van der Waals surface area contributed by atoms with Crippen molar-refractivity contribution in [3.05, 3.63) is 106 Å². The molecular weight excluding hydrogens is 551 g/mol. The number of amides is 2. The number of methoxy groups -OCH3 is 1. The van der Waals surface area contributed by atoms with Gasteiger partial charge in [-0.05, 0) is 59.9 Å². The standard InChI is InChI=1S/C31H28F3N3O3S/c1-40-24-12-6-20(7-13-24)18-35-28(38)27-19-41-29(36-27)22-14-16-37(17-15-22)30(39)26-5-3-2-4-25(26)21-8-10-23(11-9-21)31(32,33)34/h2-13,19,22H,14-18H2,1H3,(H,35,38). The Morgan fingerprint density at radius 1 is 1.00 bits per heavy atom. The molecule has 0 spiro atoms. The molecule has 1 aliphatic rings. The fourth-order valence-corrected chi connectivity index (χ4v) is 5.83. The number of ether oxygens (including phenoxy) is 1. The van der Waals surface area contributed by atoms with Gasteiger partial charge in [0, 0.05) is 36.5 Å². The fraction of sp³-hybridized carbons (Fsp3) is 0.258. The van der Waals surface area contributed by atoms with Crippen LogP contribution in [0.1, 0.15) is 55.7 Å². The summed E-state index contributed by atoms with van der Waals surface area (Å²) in [5.41, 5.74) is 2.20. The smallest absolute Gasteiger partial charge is 0.416 e. The lowest BCUT2D eigenvalue weighted by molar-refractivity contribution is -0.137. The zero-order valence-corrected chi connectivity index (χ0v) is 23.1. The van der Waals surface area contributed by atoms with Crippen molar-refractivity contribution in [1.82, 2.24) is 15.2 Å². The summed E-state index contributed by atoms with van der Waals surface area (Å²) >= 11 is 1.45. The van der Waals surface area contributed by atoms with Crippen molar-refractivity contribution in [2.75, 3.05) is 20.2 Å². The Kier molecular flexibility index (Phi) is 8.39. The first-order valence-corrected chi connectivity index (χ1v) is 14.0. The van der Waals surface area contributed by atoms with Crippen LogP contribution in [0.5, 0.6) is 5.75 Å². The van der Waals surface area contributed by atoms with Crippen LogP contribution >= 0.6 is 11.3 Å². The maximum atomic E-state index is 13.5. The summed E-state index contributed by atoms with van der Waals surface area (Å²) in [6.07, 6.45) is -3.01. The molecule has 2 heterocycles. The van der Waals surface area contributed by atoms with Gasteiger partial charge >= 0.3 is 6.18 Å². The van der Waals surface area contributed by atoms with Gasteiger partial charge in [-0.1, -0.05) is 42.5 Å². The Labute approximate surface area is 239 Å². The topological polar surface area (TPSA) is 71.5 Å². The van der Waals surface area contributed by atoms with Gasteiger partial charge in [-0.25, -0.2) is 4.98 Å². The summed E-state index contributed by atoms with van der Waals surface area (Å²) in [6.45, 7) is 1.41. The first-order chi connectivity index (χ1) is 19.7. The lowest BCUT2D eigenvalue weighted by atomic mass is 9.94. The second-order valence-corrected chi connectivity index (χ2v) is 10.7. The van der Waals surface area contributed by atoms with Crippen LogP contribution in [0.3, 0.4) is 0 Å². The number of nitrogens with zero attached hydrogens (tertiary/aromatic N) is 2. The van der Waals surface area contributed by atoms with E-state index in [0.29, 0.717) is 54.9 Å². The number of thiazole rings is 1. The van der Waals surface area contributed by atoms with E-state index in [0.717, 1.165) is 28.5 Å². The molecule has 4 aromatic rings. The van der Waals surface area contributed by atoms with Gasteiger partial charge in [-0.15, -0.1) is 11.3 Å². The number of nitrogens with one attached hydrogen (secondary N) is 1. The molecule has 1 aromatic heterocycles. The highest BCUT2D eigenvalue weighted by molar-refractivity contribution is 7.09. The number of likely N-dealkylation sites (tertiary alicyclic amines) is 1. The van der Waals surface area contributed by atoms with E-state index in [1.54, 1.807) is 41.7 Å². The van der Waals surface area contributed by atoms with E-state index in [4.69, 9.17) is 4.74 Å². The maximum absolute atomic E-state index is 13.5. The molecule has 1 saturated heterocycles. The average molecular weight is 580 g/mol. The molecule has 1 aliphatic heterocycles. The van der Waals surface area contributed by atoms with Gasteiger partial charge in [0.15, 0.2) is 0 Å². The lowest BCUT2D eigenvalue weighted by Crippen LogP contribution is -2.38. The number of carbonyl (C=O) groups excluding carboxylic acids is 2. The zero-order chi connectivity index (χ0) is 29.0. The molecule has 6 nitrogen and oxygen atoms in total. The number of rotatable bonds is 7. The molecular formula is C31H28F3N3O3S. The van der Waals surface area contributed by atoms with Gasteiger partial charge in [0.25, 0.3) is 11.8 Å². The van der Waals surface area contributed by atoms with Crippen LogP contribution in [0.25, 0.3) is 11.1 Å². The van der Waals surface area contributed by atoms with Crippen molar-refractivity contribution < 1.29 is 27.5 Å². The van der Waals surface area contributed by atoms with Crippen LogP contribution in [0, 0.1) is 0 Å². The summed E-state index contributed by atoms with van der Waals surface area (Å²) in [5, 5.41) is 5.53. The minimum atomic E-state index is -4.42. The number of hydrogen-bond donors (Lipinski definition) is 1. The molecule has 0 unspecified atom stereocenters. The van der Waals surface area contributed by atoms with Gasteiger partial charge in [0.1, 0.15) is 11.4 Å². The third kappa shape index (κ3) is 6.59. The van der Waals surface area contributed by atoms with Crippen LogP contribution in [0.15, 0.2) is 78.2 Å². The predicted octanol–water partition coefficient (Wildman–Crippen LogP) is 6.79. The van der Waals surface area contributed by atoms with Crippen molar-refractivity contribution in [3.8, 4) is 16.9 Å². The average Bonchev–Trinajstić information content (AvgIpc) is 3.50. The minimum absolute atomic E-state index is 0.136. The number of halogens is 3. The predicted molar refractivity (Wildman–Crippen MR) is 151 cm³/mol. The largest absolute Gasteiger partial charge is 0.497 e. The first-order valence-electron chi connectivity index (χ1n) is 13.2. The molecule has 1 N–H and O–H groups in total. The molecule has 0 radical (unpaired) electrons. The van der Waals surface area contributed by atoms with Crippen LogP contribution in [-0.2, 0) is 12.7 Å². The molecule has 2 amide bonds. The number of piperidine rings is 1. The van der Waals surface area contributed by atoms with E-state index in [9.17, 15) is 22.8 Å². The van der Waals surface area contributed by atoms with E-state index in [2.05, 4.69) is 10.3 Å². The Balaban J connectivity index is 1.19. The highest BCUT2D eigenvalue weighted by atomic mass is 32.1. The highest BCUT2D eigenvalue weighted by Crippen LogP contribution is 2.34. The zero-order valence-electron chi connectivity index (χ0n) is 22.3. The van der Waals surface area contributed by atoms with E-state index in [1.165, 1.54) is 23.5 Å². The quantitative estimate of drug-likeness (QED) is 0.262. The molecule has 0 saturated carbocycles. The minimum Gasteiger partial charge on any atom is -0.497 e. The highest BCUT2D eigenvalue weighted by Gasteiger charge is 2.31. The van der Waals surface area contributed by atoms with Crippen LogP contribution in [-0.4, -0.2) is 41.9 Å². The van der Waals surface area contributed by atoms with Crippen molar-refractivity contribution in [2.45, 2.75) is 31.5 Å². The Morgan fingerprint density at radius 2 is 1.68 bits per heavy atom. The summed E-state index contributed by atoms with van der Waals surface area (Å²) in [6, 6.07) is 19.3. The Bertz CT molecular complexity index is 1510. The summed E-state index contributed by atoms with van der Waals surface area (Å²) in [7, 11) is 1.60. The number of benzene rings is 3. The summed E-state index contributed by atoms with van der Waals surface area (Å²) in [4.78, 5) is 32.5. The van der Waals surface area contributed by atoms with Gasteiger partial charge in [-0.2, -0.15) is 13.2 Å². The number of hydrogen-bond acceptors (Lipinski definition) is 5. The molecule has 10 heteroatoms. The number of carbonyl (C=O) groups is 2.